The molecule has 1 aromatic heterocycles. The molecule has 1 aliphatic heterocycles. The van der Waals surface area contributed by atoms with Gasteiger partial charge in [-0.15, -0.1) is 11.3 Å². The van der Waals surface area contributed by atoms with Crippen LogP contribution in [0.1, 0.15) is 36.8 Å². The monoisotopic (exact) mass is 282 g/mol. The van der Waals surface area contributed by atoms with Crippen molar-refractivity contribution in [2.24, 2.45) is 0 Å². The molecule has 2 atom stereocenters. The van der Waals surface area contributed by atoms with E-state index in [-0.39, 0.29) is 12.1 Å². The molecule has 5 nitrogen and oxygen atoms in total. The second-order valence-corrected chi connectivity index (χ2v) is 5.67. The fourth-order valence-corrected chi connectivity index (χ4v) is 3.32. The third-order valence-electron chi connectivity index (χ3n) is 3.54. The van der Waals surface area contributed by atoms with Crippen LogP contribution in [0.5, 0.6) is 0 Å². The van der Waals surface area contributed by atoms with Crippen molar-refractivity contribution in [1.29, 1.82) is 0 Å². The number of carbonyl (C=O) groups excluding carboxylic acids is 1. The van der Waals surface area contributed by atoms with Crippen molar-refractivity contribution < 1.29 is 14.7 Å². The molecule has 0 saturated heterocycles. The van der Waals surface area contributed by atoms with Crippen LogP contribution in [0.25, 0.3) is 0 Å². The summed E-state index contributed by atoms with van der Waals surface area (Å²) in [5, 5.41) is 13.6. The summed E-state index contributed by atoms with van der Waals surface area (Å²) in [6, 6.07) is 0.932. The van der Waals surface area contributed by atoms with Crippen molar-refractivity contribution in [2.45, 2.75) is 38.8 Å². The van der Waals surface area contributed by atoms with E-state index < -0.39 is 12.0 Å². The van der Waals surface area contributed by atoms with E-state index in [1.54, 1.807) is 23.2 Å². The topological polar surface area (TPSA) is 69.6 Å². The number of hydrogen-bond donors (Lipinski definition) is 2. The molecule has 6 heteroatoms. The summed E-state index contributed by atoms with van der Waals surface area (Å²) in [6.07, 6.45) is 1.22. The lowest BCUT2D eigenvalue weighted by Gasteiger charge is -2.34. The van der Waals surface area contributed by atoms with Crippen molar-refractivity contribution in [3.05, 3.63) is 21.9 Å². The zero-order valence-electron chi connectivity index (χ0n) is 11.0. The lowest BCUT2D eigenvalue weighted by atomic mass is 10.0. The van der Waals surface area contributed by atoms with Gasteiger partial charge in [0, 0.05) is 11.4 Å². The fourth-order valence-electron chi connectivity index (χ4n) is 2.36. The molecule has 0 bridgehead atoms. The van der Waals surface area contributed by atoms with Gasteiger partial charge in [-0.25, -0.2) is 9.59 Å². The molecule has 19 heavy (non-hydrogen) atoms. The lowest BCUT2D eigenvalue weighted by Crippen LogP contribution is -2.50. The van der Waals surface area contributed by atoms with Gasteiger partial charge in [-0.05, 0) is 36.8 Å². The van der Waals surface area contributed by atoms with Crippen LogP contribution >= 0.6 is 11.3 Å². The maximum absolute atomic E-state index is 12.2. The van der Waals surface area contributed by atoms with Crippen molar-refractivity contribution in [2.75, 3.05) is 6.54 Å². The average Bonchev–Trinajstić information content (AvgIpc) is 2.84. The normalized spacial score (nSPS) is 19.7. The van der Waals surface area contributed by atoms with Crippen molar-refractivity contribution in [1.82, 2.24) is 10.2 Å². The Labute approximate surface area is 116 Å². The number of aliphatic carboxylic acids is 1. The molecule has 2 amide bonds. The van der Waals surface area contributed by atoms with E-state index in [2.05, 4.69) is 5.32 Å². The van der Waals surface area contributed by atoms with E-state index in [4.69, 9.17) is 5.11 Å². The van der Waals surface area contributed by atoms with Crippen LogP contribution < -0.4 is 5.32 Å². The van der Waals surface area contributed by atoms with Gasteiger partial charge in [-0.1, -0.05) is 6.92 Å². The number of nitrogens with one attached hydrogen (secondary N) is 1. The fraction of sp³-hybridized carbons (Fsp3) is 0.538. The third-order valence-corrected chi connectivity index (χ3v) is 4.54. The molecule has 0 radical (unpaired) electrons. The highest BCUT2D eigenvalue weighted by Gasteiger charge is 2.30. The molecule has 2 N–H and O–H groups in total. The smallest absolute Gasteiger partial charge is 0.326 e. The van der Waals surface area contributed by atoms with Gasteiger partial charge in [-0.3, -0.25) is 0 Å². The largest absolute Gasteiger partial charge is 0.480 e. The number of carbonyl (C=O) groups is 2. The number of thiophene rings is 1. The molecule has 0 saturated carbocycles. The van der Waals surface area contributed by atoms with Gasteiger partial charge in [0.05, 0.1) is 6.04 Å². The lowest BCUT2D eigenvalue weighted by molar-refractivity contribution is -0.139. The molecule has 1 unspecified atom stereocenters. The quantitative estimate of drug-likeness (QED) is 0.893. The number of carboxylic acids is 1. The van der Waals surface area contributed by atoms with Crippen molar-refractivity contribution in [3.8, 4) is 0 Å². The summed E-state index contributed by atoms with van der Waals surface area (Å²) in [7, 11) is 0. The minimum atomic E-state index is -0.989. The summed E-state index contributed by atoms with van der Waals surface area (Å²) in [6.45, 7) is 4.36. The van der Waals surface area contributed by atoms with Crippen LogP contribution in [-0.4, -0.2) is 34.6 Å². The van der Waals surface area contributed by atoms with E-state index in [9.17, 15) is 9.59 Å². The Balaban J connectivity index is 2.07. The minimum absolute atomic E-state index is 0.00120. The van der Waals surface area contributed by atoms with Gasteiger partial charge in [0.2, 0.25) is 0 Å². The molecule has 104 valence electrons. The maximum atomic E-state index is 12.2. The van der Waals surface area contributed by atoms with Gasteiger partial charge >= 0.3 is 12.0 Å². The van der Waals surface area contributed by atoms with Crippen LogP contribution in [0.4, 0.5) is 4.79 Å². The van der Waals surface area contributed by atoms with Gasteiger partial charge in [0.1, 0.15) is 6.04 Å². The number of amides is 2. The Morgan fingerprint density at radius 3 is 3.00 bits per heavy atom. The van der Waals surface area contributed by atoms with Crippen LogP contribution in [0.15, 0.2) is 11.4 Å². The molecule has 1 aromatic rings. The van der Waals surface area contributed by atoms with E-state index in [1.165, 1.54) is 10.4 Å². The second kappa shape index (κ2) is 5.61. The molecule has 1 aliphatic rings. The standard InChI is InChI=1S/C13H18N2O3S/c1-3-10(12(16)17)14-13(18)15-6-4-11-9(8(15)2)5-7-19-11/h5,7-8,10H,3-4,6H2,1-2H3,(H,14,18)(H,16,17)/t8?,10-/m0/s1. The summed E-state index contributed by atoms with van der Waals surface area (Å²) in [5.41, 5.74) is 1.18. The van der Waals surface area contributed by atoms with Gasteiger partial charge < -0.3 is 15.3 Å². The highest BCUT2D eigenvalue weighted by Crippen LogP contribution is 2.32. The summed E-state index contributed by atoms with van der Waals surface area (Å²) < 4.78 is 0. The van der Waals surface area contributed by atoms with Crippen LogP contribution in [0.3, 0.4) is 0 Å². The summed E-state index contributed by atoms with van der Waals surface area (Å²) >= 11 is 1.71. The van der Waals surface area contributed by atoms with E-state index in [0.717, 1.165) is 6.42 Å². The third kappa shape index (κ3) is 2.73. The Bertz CT molecular complexity index is 486. The van der Waals surface area contributed by atoms with Crippen molar-refractivity contribution >= 4 is 23.3 Å². The van der Waals surface area contributed by atoms with Gasteiger partial charge in [0.25, 0.3) is 0 Å². The molecule has 0 aliphatic carbocycles. The number of hydrogen-bond acceptors (Lipinski definition) is 3. The number of nitrogens with zero attached hydrogens (tertiary/aromatic N) is 1. The molecular formula is C13H18N2O3S. The minimum Gasteiger partial charge on any atom is -0.480 e. The second-order valence-electron chi connectivity index (χ2n) is 4.67. The molecule has 0 aromatic carbocycles. The number of carboxylic acid groups (broad SMARTS) is 1. The van der Waals surface area contributed by atoms with Crippen molar-refractivity contribution in [3.63, 3.8) is 0 Å². The van der Waals surface area contributed by atoms with Crippen LogP contribution in [-0.2, 0) is 11.2 Å². The van der Waals surface area contributed by atoms with E-state index in [0.29, 0.717) is 13.0 Å². The molecule has 2 heterocycles. The predicted octanol–water partition coefficient (Wildman–Crippen LogP) is 2.24. The Morgan fingerprint density at radius 1 is 1.63 bits per heavy atom. The molecule has 0 fully saturated rings. The molecule has 2 rings (SSSR count). The zero-order valence-corrected chi connectivity index (χ0v) is 11.9. The first-order valence-corrected chi connectivity index (χ1v) is 7.28. The Hall–Kier alpha value is -1.56. The first-order chi connectivity index (χ1) is 9.04. The highest BCUT2D eigenvalue weighted by molar-refractivity contribution is 7.10. The van der Waals surface area contributed by atoms with Crippen LogP contribution in [0.2, 0.25) is 0 Å². The Morgan fingerprint density at radius 2 is 2.37 bits per heavy atom. The number of fused-ring (bicyclic) bond motifs is 1. The highest BCUT2D eigenvalue weighted by atomic mass is 32.1. The average molecular weight is 282 g/mol. The van der Waals surface area contributed by atoms with Gasteiger partial charge in [0.15, 0.2) is 0 Å². The number of urea groups is 1. The van der Waals surface area contributed by atoms with E-state index >= 15 is 0 Å². The first kappa shape index (κ1) is 13.9. The number of rotatable bonds is 3. The van der Waals surface area contributed by atoms with Crippen LogP contribution in [0, 0.1) is 0 Å². The van der Waals surface area contributed by atoms with Gasteiger partial charge in [-0.2, -0.15) is 0 Å². The molecule has 0 spiro atoms. The summed E-state index contributed by atoms with van der Waals surface area (Å²) in [5.74, 6) is -0.989. The maximum Gasteiger partial charge on any atom is 0.326 e. The van der Waals surface area contributed by atoms with E-state index in [1.807, 2.05) is 18.4 Å². The molecular weight excluding hydrogens is 264 g/mol. The summed E-state index contributed by atoms with van der Waals surface area (Å²) in [4.78, 5) is 26.2. The predicted molar refractivity (Wildman–Crippen MR) is 73.4 cm³/mol. The first-order valence-electron chi connectivity index (χ1n) is 6.40. The Kier molecular flexibility index (Phi) is 4.09. The zero-order chi connectivity index (χ0) is 14.0. The SMILES string of the molecule is CC[C@H](NC(=O)N1CCc2sccc2C1C)C(=O)O.